The van der Waals surface area contributed by atoms with Crippen LogP contribution in [-0.2, 0) is 6.61 Å². The molecule has 2 nitrogen and oxygen atoms in total. The first-order valence-corrected chi connectivity index (χ1v) is 5.81. The molecule has 1 N–H and O–H groups in total. The van der Waals surface area contributed by atoms with Crippen molar-refractivity contribution in [3.63, 3.8) is 0 Å². The number of ether oxygens (including phenoxy) is 1. The summed E-state index contributed by atoms with van der Waals surface area (Å²) in [6.07, 6.45) is 0. The summed E-state index contributed by atoms with van der Waals surface area (Å²) in [6, 6.07) is 11.6. The molecule has 0 spiro atoms. The monoisotopic (exact) mass is 296 g/mol. The van der Waals surface area contributed by atoms with Gasteiger partial charge in [0.15, 0.2) is 0 Å². The number of benzene rings is 2. The van der Waals surface area contributed by atoms with E-state index in [0.717, 1.165) is 4.47 Å². The van der Waals surface area contributed by atoms with E-state index in [-0.39, 0.29) is 12.2 Å². The van der Waals surface area contributed by atoms with Gasteiger partial charge in [-0.15, -0.1) is 0 Å². The maximum atomic E-state index is 13.1. The van der Waals surface area contributed by atoms with E-state index in [1.54, 1.807) is 12.1 Å². The zero-order valence-electron chi connectivity index (χ0n) is 8.86. The van der Waals surface area contributed by atoms with Crippen LogP contribution in [-0.4, -0.2) is 5.11 Å². The number of hydrogen-bond donors (Lipinski definition) is 1. The maximum absolute atomic E-state index is 13.1. The third kappa shape index (κ3) is 3.05. The molecule has 0 aliphatic carbocycles. The van der Waals surface area contributed by atoms with E-state index in [0.29, 0.717) is 11.5 Å². The molecule has 0 aromatic heterocycles. The molecule has 0 fully saturated rings. The largest absolute Gasteiger partial charge is 0.457 e. The van der Waals surface area contributed by atoms with Crippen molar-refractivity contribution >= 4 is 15.9 Å². The summed E-state index contributed by atoms with van der Waals surface area (Å²) in [4.78, 5) is 0. The molecule has 88 valence electrons. The second kappa shape index (κ2) is 5.29. The van der Waals surface area contributed by atoms with Crippen LogP contribution in [0.15, 0.2) is 46.9 Å². The van der Waals surface area contributed by atoms with E-state index in [1.165, 1.54) is 18.2 Å². The molecule has 2 aromatic rings. The van der Waals surface area contributed by atoms with Crippen molar-refractivity contribution in [3.8, 4) is 11.5 Å². The Morgan fingerprint density at radius 1 is 1.06 bits per heavy atom. The Labute approximate surface area is 107 Å². The molecule has 2 aromatic carbocycles. The van der Waals surface area contributed by atoms with E-state index < -0.39 is 5.82 Å². The van der Waals surface area contributed by atoms with E-state index >= 15 is 0 Å². The molecule has 0 aliphatic heterocycles. The molecular weight excluding hydrogens is 287 g/mol. The predicted octanol–water partition coefficient (Wildman–Crippen LogP) is 3.87. The number of rotatable bonds is 3. The molecule has 0 bridgehead atoms. The van der Waals surface area contributed by atoms with Crippen LogP contribution >= 0.6 is 15.9 Å². The second-order valence-electron chi connectivity index (χ2n) is 3.47. The highest BCUT2D eigenvalue weighted by Gasteiger charge is 2.04. The maximum Gasteiger partial charge on any atom is 0.128 e. The van der Waals surface area contributed by atoms with Crippen molar-refractivity contribution in [2.45, 2.75) is 6.61 Å². The number of halogens is 2. The minimum Gasteiger partial charge on any atom is -0.457 e. The van der Waals surface area contributed by atoms with E-state index in [2.05, 4.69) is 15.9 Å². The van der Waals surface area contributed by atoms with Crippen LogP contribution in [0, 0.1) is 5.82 Å². The Balaban J connectivity index is 2.21. The zero-order chi connectivity index (χ0) is 12.3. The summed E-state index contributed by atoms with van der Waals surface area (Å²) in [6.45, 7) is -0.344. The van der Waals surface area contributed by atoms with Gasteiger partial charge in [0.05, 0.1) is 6.61 Å². The fraction of sp³-hybridized carbons (Fsp3) is 0.0769. The van der Waals surface area contributed by atoms with Gasteiger partial charge in [0.2, 0.25) is 0 Å². The van der Waals surface area contributed by atoms with E-state index in [1.807, 2.05) is 12.1 Å². The SMILES string of the molecule is OCc1cc(Oc2ccc(Br)cc2)ccc1F. The molecule has 0 saturated carbocycles. The van der Waals surface area contributed by atoms with Gasteiger partial charge in [-0.05, 0) is 42.5 Å². The van der Waals surface area contributed by atoms with Gasteiger partial charge in [0, 0.05) is 10.0 Å². The van der Waals surface area contributed by atoms with Crippen LogP contribution in [0.1, 0.15) is 5.56 Å². The van der Waals surface area contributed by atoms with Crippen LogP contribution in [0.3, 0.4) is 0 Å². The highest BCUT2D eigenvalue weighted by molar-refractivity contribution is 9.10. The van der Waals surface area contributed by atoms with Gasteiger partial charge in [-0.3, -0.25) is 0 Å². The summed E-state index contributed by atoms with van der Waals surface area (Å²) < 4.78 is 19.6. The van der Waals surface area contributed by atoms with Crippen LogP contribution in [0.2, 0.25) is 0 Å². The molecule has 0 atom stereocenters. The third-order valence-corrected chi connectivity index (χ3v) is 2.77. The Morgan fingerprint density at radius 2 is 1.71 bits per heavy atom. The molecule has 0 saturated heterocycles. The number of aliphatic hydroxyl groups excluding tert-OH is 1. The van der Waals surface area contributed by atoms with Crippen molar-refractivity contribution in [1.29, 1.82) is 0 Å². The molecule has 0 amide bonds. The summed E-state index contributed by atoms with van der Waals surface area (Å²) in [5.74, 6) is 0.720. The van der Waals surface area contributed by atoms with Crippen LogP contribution < -0.4 is 4.74 Å². The third-order valence-electron chi connectivity index (χ3n) is 2.24. The first-order valence-electron chi connectivity index (χ1n) is 5.02. The topological polar surface area (TPSA) is 29.5 Å². The average molecular weight is 297 g/mol. The fourth-order valence-corrected chi connectivity index (χ4v) is 1.64. The first-order chi connectivity index (χ1) is 8.19. The van der Waals surface area contributed by atoms with Gasteiger partial charge in [0.25, 0.3) is 0 Å². The lowest BCUT2D eigenvalue weighted by molar-refractivity contribution is 0.275. The Hall–Kier alpha value is -1.39. The zero-order valence-corrected chi connectivity index (χ0v) is 10.4. The first kappa shape index (κ1) is 12.1. The van der Waals surface area contributed by atoms with Crippen molar-refractivity contribution in [1.82, 2.24) is 0 Å². The quantitative estimate of drug-likeness (QED) is 0.931. The van der Waals surface area contributed by atoms with Gasteiger partial charge < -0.3 is 9.84 Å². The molecule has 17 heavy (non-hydrogen) atoms. The molecular formula is C13H10BrFO2. The van der Waals surface area contributed by atoms with Gasteiger partial charge in [-0.2, -0.15) is 0 Å². The van der Waals surface area contributed by atoms with Gasteiger partial charge in [-0.1, -0.05) is 15.9 Å². The summed E-state index contributed by atoms with van der Waals surface area (Å²) >= 11 is 3.33. The van der Waals surface area contributed by atoms with E-state index in [9.17, 15) is 4.39 Å². The normalized spacial score (nSPS) is 10.3. The van der Waals surface area contributed by atoms with Crippen LogP contribution in [0.4, 0.5) is 4.39 Å². The van der Waals surface area contributed by atoms with Gasteiger partial charge in [0.1, 0.15) is 17.3 Å². The van der Waals surface area contributed by atoms with E-state index in [4.69, 9.17) is 9.84 Å². The van der Waals surface area contributed by atoms with Crippen molar-refractivity contribution in [2.75, 3.05) is 0 Å². The van der Waals surface area contributed by atoms with Gasteiger partial charge in [-0.25, -0.2) is 4.39 Å². The Bertz CT molecular complexity index is 511. The Kier molecular flexibility index (Phi) is 3.76. The summed E-state index contributed by atoms with van der Waals surface area (Å²) in [5, 5.41) is 8.94. The molecule has 0 unspecified atom stereocenters. The summed E-state index contributed by atoms with van der Waals surface area (Å²) in [5.41, 5.74) is 0.222. The molecule has 0 radical (unpaired) electrons. The lowest BCUT2D eigenvalue weighted by atomic mass is 10.2. The minimum absolute atomic E-state index is 0.222. The highest BCUT2D eigenvalue weighted by Crippen LogP contribution is 2.25. The minimum atomic E-state index is -0.435. The fourth-order valence-electron chi connectivity index (χ4n) is 1.37. The molecule has 0 aliphatic rings. The predicted molar refractivity (Wildman–Crippen MR) is 66.5 cm³/mol. The Morgan fingerprint density at radius 3 is 2.35 bits per heavy atom. The smallest absolute Gasteiger partial charge is 0.128 e. The number of aliphatic hydroxyl groups is 1. The number of hydrogen-bond acceptors (Lipinski definition) is 2. The van der Waals surface area contributed by atoms with Gasteiger partial charge >= 0.3 is 0 Å². The van der Waals surface area contributed by atoms with Crippen molar-refractivity contribution in [3.05, 3.63) is 58.3 Å². The van der Waals surface area contributed by atoms with Crippen LogP contribution in [0.25, 0.3) is 0 Å². The molecule has 4 heteroatoms. The lowest BCUT2D eigenvalue weighted by Crippen LogP contribution is -1.91. The molecule has 0 heterocycles. The standard InChI is InChI=1S/C13H10BrFO2/c14-10-1-3-11(4-2-10)17-12-5-6-13(15)9(7-12)8-16/h1-7,16H,8H2. The average Bonchev–Trinajstić information content (AvgIpc) is 2.34. The van der Waals surface area contributed by atoms with Crippen molar-refractivity contribution in [2.24, 2.45) is 0 Å². The summed E-state index contributed by atoms with van der Waals surface area (Å²) in [7, 11) is 0. The highest BCUT2D eigenvalue weighted by atomic mass is 79.9. The van der Waals surface area contributed by atoms with Crippen LogP contribution in [0.5, 0.6) is 11.5 Å². The second-order valence-corrected chi connectivity index (χ2v) is 4.38. The van der Waals surface area contributed by atoms with Crippen molar-refractivity contribution < 1.29 is 14.2 Å². The molecule has 2 rings (SSSR count). The lowest BCUT2D eigenvalue weighted by Gasteiger charge is -2.07.